The van der Waals surface area contributed by atoms with Crippen molar-refractivity contribution in [1.82, 2.24) is 14.8 Å². The number of hydrogen-bond acceptors (Lipinski definition) is 7. The lowest BCUT2D eigenvalue weighted by Gasteiger charge is -2.34. The molecule has 9 heteroatoms. The maximum Gasteiger partial charge on any atom is 0.159 e. The fourth-order valence-corrected chi connectivity index (χ4v) is 5.87. The number of oxime groups is 1. The average Bonchev–Trinajstić information content (AvgIpc) is 3.28. The number of hydrogen-bond donors (Lipinski definition) is 1. The fourth-order valence-electron chi connectivity index (χ4n) is 4.38. The molecule has 0 bridgehead atoms. The zero-order valence-electron chi connectivity index (χ0n) is 16.0. The van der Waals surface area contributed by atoms with E-state index in [-0.39, 0.29) is 23.1 Å². The third-order valence-electron chi connectivity index (χ3n) is 6.28. The van der Waals surface area contributed by atoms with E-state index in [1.807, 2.05) is 24.0 Å². The summed E-state index contributed by atoms with van der Waals surface area (Å²) in [4.78, 5) is 10.4. The molecule has 0 aromatic carbocycles. The molecule has 8 nitrogen and oxygen atoms in total. The summed E-state index contributed by atoms with van der Waals surface area (Å²) in [6.07, 6.45) is 9.01. The first-order chi connectivity index (χ1) is 13.5. The number of nitrogens with zero attached hydrogens (tertiary/aromatic N) is 4. The SMILES string of the molecule is CCn1ncc2c(NC3CCS(=O)(=O)CC3)c(C3=NOC4(CCC4)C3)cnc21. The molecule has 1 saturated carbocycles. The van der Waals surface area contributed by atoms with Gasteiger partial charge in [-0.1, -0.05) is 5.16 Å². The van der Waals surface area contributed by atoms with Crippen LogP contribution < -0.4 is 5.32 Å². The van der Waals surface area contributed by atoms with Gasteiger partial charge in [-0.15, -0.1) is 0 Å². The molecule has 150 valence electrons. The summed E-state index contributed by atoms with van der Waals surface area (Å²) in [5.41, 5.74) is 3.53. The van der Waals surface area contributed by atoms with Crippen molar-refractivity contribution < 1.29 is 13.3 Å². The number of aromatic nitrogens is 3. The smallest absolute Gasteiger partial charge is 0.159 e. The van der Waals surface area contributed by atoms with Crippen LogP contribution in [0.3, 0.4) is 0 Å². The molecule has 28 heavy (non-hydrogen) atoms. The summed E-state index contributed by atoms with van der Waals surface area (Å²) >= 11 is 0. The molecule has 1 aliphatic carbocycles. The molecular weight excluding hydrogens is 378 g/mol. The Balaban J connectivity index is 1.51. The van der Waals surface area contributed by atoms with Crippen LogP contribution in [-0.2, 0) is 21.2 Å². The molecule has 3 aliphatic rings. The third kappa shape index (κ3) is 2.96. The van der Waals surface area contributed by atoms with Gasteiger partial charge in [0.2, 0.25) is 0 Å². The minimum Gasteiger partial charge on any atom is -0.389 e. The van der Waals surface area contributed by atoms with E-state index in [0.717, 1.165) is 53.8 Å². The molecule has 1 spiro atoms. The Morgan fingerprint density at radius 3 is 2.71 bits per heavy atom. The summed E-state index contributed by atoms with van der Waals surface area (Å²) in [5.74, 6) is 0.464. The van der Waals surface area contributed by atoms with Gasteiger partial charge < -0.3 is 10.2 Å². The topological polar surface area (TPSA) is 98.5 Å². The van der Waals surface area contributed by atoms with Crippen molar-refractivity contribution in [3.8, 4) is 0 Å². The summed E-state index contributed by atoms with van der Waals surface area (Å²) < 4.78 is 25.5. The Bertz CT molecular complexity index is 1040. The van der Waals surface area contributed by atoms with Gasteiger partial charge in [0.15, 0.2) is 5.65 Å². The van der Waals surface area contributed by atoms with Crippen LogP contribution in [0.5, 0.6) is 0 Å². The summed E-state index contributed by atoms with van der Waals surface area (Å²) in [6, 6.07) is 0.110. The van der Waals surface area contributed by atoms with Crippen LogP contribution in [-0.4, -0.2) is 52.0 Å². The van der Waals surface area contributed by atoms with E-state index in [1.54, 1.807) is 0 Å². The highest BCUT2D eigenvalue weighted by molar-refractivity contribution is 7.91. The molecule has 5 rings (SSSR count). The first-order valence-corrected chi connectivity index (χ1v) is 11.9. The maximum absolute atomic E-state index is 11.8. The highest BCUT2D eigenvalue weighted by Crippen LogP contribution is 2.44. The van der Waals surface area contributed by atoms with Gasteiger partial charge in [-0.25, -0.2) is 18.1 Å². The number of anilines is 1. The lowest BCUT2D eigenvalue weighted by molar-refractivity contribution is -0.0755. The predicted octanol–water partition coefficient (Wildman–Crippen LogP) is 2.49. The van der Waals surface area contributed by atoms with Crippen molar-refractivity contribution in [2.24, 2.45) is 5.16 Å². The number of aryl methyl sites for hydroxylation is 1. The second-order valence-corrected chi connectivity index (χ2v) is 10.5. The molecule has 4 heterocycles. The summed E-state index contributed by atoms with van der Waals surface area (Å²) in [5, 5.41) is 13.4. The van der Waals surface area contributed by atoms with Crippen molar-refractivity contribution in [3.05, 3.63) is 18.0 Å². The number of pyridine rings is 1. The van der Waals surface area contributed by atoms with E-state index >= 15 is 0 Å². The van der Waals surface area contributed by atoms with Crippen molar-refractivity contribution in [3.63, 3.8) is 0 Å². The van der Waals surface area contributed by atoms with Gasteiger partial charge in [-0.3, -0.25) is 0 Å². The quantitative estimate of drug-likeness (QED) is 0.842. The molecule has 0 atom stereocenters. The van der Waals surface area contributed by atoms with E-state index in [0.29, 0.717) is 12.8 Å². The summed E-state index contributed by atoms with van der Waals surface area (Å²) in [6.45, 7) is 2.78. The van der Waals surface area contributed by atoms with Gasteiger partial charge in [-0.05, 0) is 39.0 Å². The molecule has 2 aromatic heterocycles. The molecule has 2 aliphatic heterocycles. The highest BCUT2D eigenvalue weighted by Gasteiger charge is 2.45. The van der Waals surface area contributed by atoms with Crippen LogP contribution in [0.4, 0.5) is 5.69 Å². The molecule has 0 unspecified atom stereocenters. The zero-order chi connectivity index (χ0) is 19.4. The Morgan fingerprint density at radius 1 is 1.29 bits per heavy atom. The molecule has 2 aromatic rings. The highest BCUT2D eigenvalue weighted by atomic mass is 32.2. The van der Waals surface area contributed by atoms with E-state index in [2.05, 4.69) is 20.6 Å². The van der Waals surface area contributed by atoms with Crippen LogP contribution in [0.25, 0.3) is 11.0 Å². The van der Waals surface area contributed by atoms with Crippen LogP contribution >= 0.6 is 0 Å². The fraction of sp³-hybridized carbons (Fsp3) is 0.632. The minimum atomic E-state index is -2.90. The van der Waals surface area contributed by atoms with Gasteiger partial charge in [-0.2, -0.15) is 5.10 Å². The maximum atomic E-state index is 11.8. The molecule has 2 fully saturated rings. The van der Waals surface area contributed by atoms with Crippen molar-refractivity contribution >= 4 is 32.3 Å². The Kier molecular flexibility index (Phi) is 4.12. The van der Waals surface area contributed by atoms with E-state index in [4.69, 9.17) is 4.84 Å². The minimum absolute atomic E-state index is 0.110. The van der Waals surface area contributed by atoms with Crippen LogP contribution in [0.15, 0.2) is 17.5 Å². The number of fused-ring (bicyclic) bond motifs is 1. The van der Waals surface area contributed by atoms with Gasteiger partial charge >= 0.3 is 0 Å². The Morgan fingerprint density at radius 2 is 2.07 bits per heavy atom. The number of rotatable bonds is 4. The van der Waals surface area contributed by atoms with Gasteiger partial charge in [0.1, 0.15) is 15.4 Å². The van der Waals surface area contributed by atoms with Crippen molar-refractivity contribution in [2.75, 3.05) is 16.8 Å². The molecule has 1 N–H and O–H groups in total. The Hall–Kier alpha value is -2.16. The van der Waals surface area contributed by atoms with E-state index in [9.17, 15) is 8.42 Å². The first-order valence-electron chi connectivity index (χ1n) is 10.1. The third-order valence-corrected chi connectivity index (χ3v) is 8.00. The lowest BCUT2D eigenvalue weighted by atomic mass is 9.76. The molecule has 0 amide bonds. The monoisotopic (exact) mass is 403 g/mol. The van der Waals surface area contributed by atoms with Crippen LogP contribution in [0.2, 0.25) is 0 Å². The second kappa shape index (κ2) is 6.43. The number of sulfone groups is 1. The largest absolute Gasteiger partial charge is 0.389 e. The molecule has 1 saturated heterocycles. The average molecular weight is 404 g/mol. The van der Waals surface area contributed by atoms with Crippen LogP contribution in [0.1, 0.15) is 51.0 Å². The van der Waals surface area contributed by atoms with Gasteiger partial charge in [0.25, 0.3) is 0 Å². The predicted molar refractivity (Wildman–Crippen MR) is 107 cm³/mol. The standard InChI is InChI=1S/C19H25N5O3S/c1-2-24-18-15(12-21-24)17(22-13-4-8-28(25,26)9-5-13)14(11-20-18)16-10-19(27-23-16)6-3-7-19/h11-13H,2-10H2,1H3,(H,20,22). The van der Waals surface area contributed by atoms with Gasteiger partial charge in [0.05, 0.1) is 34.5 Å². The molecular formula is C19H25N5O3S. The van der Waals surface area contributed by atoms with Crippen LogP contribution in [0, 0.1) is 0 Å². The number of nitrogens with one attached hydrogen (secondary N) is 1. The zero-order valence-corrected chi connectivity index (χ0v) is 16.8. The lowest BCUT2D eigenvalue weighted by Crippen LogP contribution is -2.37. The van der Waals surface area contributed by atoms with Crippen molar-refractivity contribution in [2.45, 2.75) is 63.6 Å². The van der Waals surface area contributed by atoms with Crippen molar-refractivity contribution in [1.29, 1.82) is 0 Å². The van der Waals surface area contributed by atoms with E-state index in [1.165, 1.54) is 6.42 Å². The summed E-state index contributed by atoms with van der Waals surface area (Å²) in [7, 11) is -2.90. The Labute approximate surface area is 164 Å². The van der Waals surface area contributed by atoms with E-state index < -0.39 is 9.84 Å². The van der Waals surface area contributed by atoms with Gasteiger partial charge in [0, 0.05) is 30.8 Å². The normalized spacial score (nSPS) is 23.4. The molecule has 0 radical (unpaired) electrons. The first kappa shape index (κ1) is 17.9. The second-order valence-electron chi connectivity index (χ2n) is 8.16.